The van der Waals surface area contributed by atoms with Gasteiger partial charge in [0.05, 0.1) is 17.1 Å². The van der Waals surface area contributed by atoms with Crippen LogP contribution < -0.4 is 5.32 Å². The average molecular weight is 308 g/mol. The molecule has 1 aliphatic heterocycles. The first-order chi connectivity index (χ1) is 10.7. The van der Waals surface area contributed by atoms with Crippen molar-refractivity contribution >= 4 is 28.2 Å². The molecule has 4 rings (SSSR count). The molecule has 2 atom stereocenters. The van der Waals surface area contributed by atoms with Gasteiger partial charge < -0.3 is 0 Å². The third kappa shape index (κ3) is 2.31. The van der Waals surface area contributed by atoms with Crippen molar-refractivity contribution in [2.75, 3.05) is 0 Å². The van der Waals surface area contributed by atoms with Crippen molar-refractivity contribution in [3.63, 3.8) is 0 Å². The molecule has 2 nitrogen and oxygen atoms in total. The molecule has 1 fully saturated rings. The maximum absolute atomic E-state index is 12.5. The average Bonchev–Trinajstić information content (AvgIpc) is 3.35. The Labute approximate surface area is 133 Å². The monoisotopic (exact) mass is 307 g/mol. The first-order valence-electron chi connectivity index (χ1n) is 7.27. The maximum atomic E-state index is 12.5. The molecule has 0 amide bonds. The highest BCUT2D eigenvalue weighted by Crippen LogP contribution is 2.34. The van der Waals surface area contributed by atoms with E-state index in [0.29, 0.717) is 10.6 Å². The van der Waals surface area contributed by atoms with E-state index in [9.17, 15) is 4.79 Å². The fourth-order valence-corrected chi connectivity index (χ4v) is 3.11. The minimum Gasteiger partial charge on any atom is -0.297 e. The van der Waals surface area contributed by atoms with Crippen LogP contribution in [0.25, 0.3) is 10.8 Å². The molecule has 0 saturated carbocycles. The first kappa shape index (κ1) is 13.5. The first-order valence-corrected chi connectivity index (χ1v) is 7.65. The second-order valence-electron chi connectivity index (χ2n) is 5.57. The van der Waals surface area contributed by atoms with Gasteiger partial charge in [0.1, 0.15) is 0 Å². The lowest BCUT2D eigenvalue weighted by Gasteiger charge is -2.03. The standard InChI is InChI=1S/C19H14ClNO/c20-16-8-4-3-7-15(16)19(22)18-17(21-18)14-10-9-12-5-1-2-6-13(12)11-14/h1-11,17-18,21H/t17-,18+/m1/s1. The van der Waals surface area contributed by atoms with Crippen LogP contribution >= 0.6 is 11.6 Å². The number of carbonyl (C=O) groups excluding carboxylic acids is 1. The Kier molecular flexibility index (Phi) is 3.21. The van der Waals surface area contributed by atoms with Crippen LogP contribution in [0.1, 0.15) is 22.0 Å². The molecule has 22 heavy (non-hydrogen) atoms. The van der Waals surface area contributed by atoms with E-state index in [1.807, 2.05) is 24.3 Å². The lowest BCUT2D eigenvalue weighted by Crippen LogP contribution is -2.10. The molecule has 3 heteroatoms. The molecular weight excluding hydrogens is 294 g/mol. The van der Waals surface area contributed by atoms with E-state index < -0.39 is 0 Å². The van der Waals surface area contributed by atoms with Crippen LogP contribution in [0, 0.1) is 0 Å². The van der Waals surface area contributed by atoms with Crippen molar-refractivity contribution in [3.8, 4) is 0 Å². The molecule has 1 saturated heterocycles. The zero-order valence-corrected chi connectivity index (χ0v) is 12.5. The third-order valence-electron chi connectivity index (χ3n) is 4.14. The maximum Gasteiger partial charge on any atom is 0.183 e. The SMILES string of the molecule is O=C(c1ccccc1Cl)[C@H]1N[C@@H]1c1ccc2ccccc2c1. The molecule has 1 N–H and O–H groups in total. The lowest BCUT2D eigenvalue weighted by atomic mass is 10.0. The number of nitrogens with one attached hydrogen (secondary N) is 1. The molecule has 1 aliphatic rings. The van der Waals surface area contributed by atoms with Gasteiger partial charge in [-0.3, -0.25) is 10.1 Å². The second-order valence-corrected chi connectivity index (χ2v) is 5.98. The van der Waals surface area contributed by atoms with E-state index in [2.05, 4.69) is 35.6 Å². The zero-order chi connectivity index (χ0) is 15.1. The predicted molar refractivity (Wildman–Crippen MR) is 89.4 cm³/mol. The topological polar surface area (TPSA) is 39.0 Å². The second kappa shape index (κ2) is 5.24. The molecule has 0 radical (unpaired) electrons. The predicted octanol–water partition coefficient (Wildman–Crippen LogP) is 4.39. The van der Waals surface area contributed by atoms with Gasteiger partial charge in [-0.2, -0.15) is 0 Å². The van der Waals surface area contributed by atoms with Crippen LogP contribution in [0.4, 0.5) is 0 Å². The third-order valence-corrected chi connectivity index (χ3v) is 4.47. The van der Waals surface area contributed by atoms with Crippen LogP contribution in [0.3, 0.4) is 0 Å². The number of carbonyl (C=O) groups is 1. The smallest absolute Gasteiger partial charge is 0.183 e. The summed E-state index contributed by atoms with van der Waals surface area (Å²) in [5.74, 6) is 0.0590. The van der Waals surface area contributed by atoms with E-state index in [-0.39, 0.29) is 17.9 Å². The number of rotatable bonds is 3. The Morgan fingerprint density at radius 3 is 2.45 bits per heavy atom. The molecule has 3 aromatic carbocycles. The fourth-order valence-electron chi connectivity index (χ4n) is 2.88. The molecule has 0 unspecified atom stereocenters. The van der Waals surface area contributed by atoms with E-state index in [4.69, 9.17) is 11.6 Å². The Balaban J connectivity index is 1.60. The largest absolute Gasteiger partial charge is 0.297 e. The number of fused-ring (bicyclic) bond motifs is 1. The van der Waals surface area contributed by atoms with Crippen molar-refractivity contribution in [2.45, 2.75) is 12.1 Å². The van der Waals surface area contributed by atoms with Crippen LogP contribution in [-0.2, 0) is 0 Å². The van der Waals surface area contributed by atoms with E-state index in [0.717, 1.165) is 5.56 Å². The van der Waals surface area contributed by atoms with E-state index in [1.165, 1.54) is 10.8 Å². The van der Waals surface area contributed by atoms with Crippen molar-refractivity contribution in [1.29, 1.82) is 0 Å². The summed E-state index contributed by atoms with van der Waals surface area (Å²) >= 11 is 6.11. The molecule has 0 spiro atoms. The number of benzene rings is 3. The highest BCUT2D eigenvalue weighted by atomic mass is 35.5. The highest BCUT2D eigenvalue weighted by Gasteiger charge is 2.43. The van der Waals surface area contributed by atoms with Crippen molar-refractivity contribution in [1.82, 2.24) is 5.32 Å². The van der Waals surface area contributed by atoms with Gasteiger partial charge in [0.25, 0.3) is 0 Å². The van der Waals surface area contributed by atoms with Crippen LogP contribution in [0.2, 0.25) is 5.02 Å². The summed E-state index contributed by atoms with van der Waals surface area (Å²) in [5, 5.41) is 6.18. The molecule has 0 aliphatic carbocycles. The highest BCUT2D eigenvalue weighted by molar-refractivity contribution is 6.34. The molecule has 1 heterocycles. The van der Waals surface area contributed by atoms with Crippen molar-refractivity contribution in [2.24, 2.45) is 0 Å². The van der Waals surface area contributed by atoms with Crippen molar-refractivity contribution in [3.05, 3.63) is 82.9 Å². The Bertz CT molecular complexity index is 874. The summed E-state index contributed by atoms with van der Waals surface area (Å²) in [4.78, 5) is 12.5. The number of ketones is 1. The van der Waals surface area contributed by atoms with Gasteiger partial charge >= 0.3 is 0 Å². The van der Waals surface area contributed by atoms with E-state index in [1.54, 1.807) is 12.1 Å². The summed E-state index contributed by atoms with van der Waals surface area (Å²) in [6.07, 6.45) is 0. The lowest BCUT2D eigenvalue weighted by molar-refractivity contribution is 0.0988. The van der Waals surface area contributed by atoms with Gasteiger partial charge in [0.15, 0.2) is 5.78 Å². The summed E-state index contributed by atoms with van der Waals surface area (Å²) < 4.78 is 0. The Hall–Kier alpha value is -2.16. The zero-order valence-electron chi connectivity index (χ0n) is 11.8. The van der Waals surface area contributed by atoms with Gasteiger partial charge in [0, 0.05) is 5.56 Å². The number of hydrogen-bond acceptors (Lipinski definition) is 2. The number of halogens is 1. The summed E-state index contributed by atoms with van der Waals surface area (Å²) in [5.41, 5.74) is 1.73. The molecular formula is C19H14ClNO. The van der Waals surface area contributed by atoms with Crippen molar-refractivity contribution < 1.29 is 4.79 Å². The number of Topliss-reactive ketones (excluding diaryl/α,β-unsaturated/α-hetero) is 1. The van der Waals surface area contributed by atoms with Crippen LogP contribution in [-0.4, -0.2) is 11.8 Å². The minimum atomic E-state index is -0.180. The normalized spacial score (nSPS) is 20.0. The van der Waals surface area contributed by atoms with Gasteiger partial charge in [0.2, 0.25) is 0 Å². The summed E-state index contributed by atoms with van der Waals surface area (Å²) in [6.45, 7) is 0. The molecule has 3 aromatic rings. The number of hydrogen-bond donors (Lipinski definition) is 1. The fraction of sp³-hybridized carbons (Fsp3) is 0.105. The Morgan fingerprint density at radius 1 is 0.909 bits per heavy atom. The van der Waals surface area contributed by atoms with Gasteiger partial charge in [-0.1, -0.05) is 60.1 Å². The molecule has 108 valence electrons. The minimum absolute atomic E-state index is 0.0590. The van der Waals surface area contributed by atoms with Gasteiger partial charge in [-0.25, -0.2) is 0 Å². The van der Waals surface area contributed by atoms with Gasteiger partial charge in [-0.05, 0) is 34.5 Å². The summed E-state index contributed by atoms with van der Waals surface area (Å²) in [6, 6.07) is 21.7. The summed E-state index contributed by atoms with van der Waals surface area (Å²) in [7, 11) is 0. The van der Waals surface area contributed by atoms with Gasteiger partial charge in [-0.15, -0.1) is 0 Å². The van der Waals surface area contributed by atoms with E-state index >= 15 is 0 Å². The Morgan fingerprint density at radius 2 is 1.64 bits per heavy atom. The molecule has 0 bridgehead atoms. The van der Waals surface area contributed by atoms with Crippen LogP contribution in [0.15, 0.2) is 66.7 Å². The van der Waals surface area contributed by atoms with Crippen LogP contribution in [0.5, 0.6) is 0 Å². The molecule has 0 aromatic heterocycles. The quantitative estimate of drug-likeness (QED) is 0.576.